The molecule has 0 heterocycles. The van der Waals surface area contributed by atoms with E-state index in [-0.39, 0.29) is 5.88 Å². The molecule has 0 unspecified atom stereocenters. The van der Waals surface area contributed by atoms with E-state index in [0.29, 0.717) is 24.7 Å². The summed E-state index contributed by atoms with van der Waals surface area (Å²) < 4.78 is 11.5. The van der Waals surface area contributed by atoms with Crippen LogP contribution in [0.15, 0.2) is 96.2 Å². The summed E-state index contributed by atoms with van der Waals surface area (Å²) in [7, 11) is 0. The lowest BCUT2D eigenvalue weighted by Crippen LogP contribution is -2.10. The van der Waals surface area contributed by atoms with Crippen molar-refractivity contribution in [1.82, 2.24) is 0 Å². The van der Waals surface area contributed by atoms with E-state index in [0.717, 1.165) is 16.7 Å². The second kappa shape index (κ2) is 9.23. The molecule has 2 aromatic rings. The van der Waals surface area contributed by atoms with Crippen LogP contribution in [-0.4, -0.2) is 0 Å². The summed E-state index contributed by atoms with van der Waals surface area (Å²) in [5.74, 6) is 0.573. The molecule has 25 heavy (non-hydrogen) atoms. The molecule has 0 radical (unpaired) electrons. The number of rotatable bonds is 8. The van der Waals surface area contributed by atoms with Crippen LogP contribution < -0.4 is 11.5 Å². The molecular formula is C21H24N2O2. The Hall–Kier alpha value is -3.14. The molecule has 4 nitrogen and oxygen atoms in total. The van der Waals surface area contributed by atoms with Gasteiger partial charge >= 0.3 is 0 Å². The van der Waals surface area contributed by atoms with Crippen LogP contribution in [0.1, 0.15) is 18.1 Å². The number of ether oxygens (including phenoxy) is 2. The van der Waals surface area contributed by atoms with Gasteiger partial charge in [0.25, 0.3) is 0 Å². The van der Waals surface area contributed by atoms with Crippen molar-refractivity contribution in [2.24, 2.45) is 11.5 Å². The minimum absolute atomic E-state index is 0.184. The summed E-state index contributed by atoms with van der Waals surface area (Å²) >= 11 is 0. The maximum absolute atomic E-state index is 6.08. The highest BCUT2D eigenvalue weighted by Crippen LogP contribution is 2.14. The van der Waals surface area contributed by atoms with Crippen molar-refractivity contribution in [3.05, 3.63) is 107 Å². The van der Waals surface area contributed by atoms with Crippen LogP contribution in [0.4, 0.5) is 0 Å². The Kier molecular flexibility index (Phi) is 6.72. The number of hydrogen-bond donors (Lipinski definition) is 2. The Morgan fingerprint density at radius 1 is 0.880 bits per heavy atom. The number of hydrogen-bond acceptors (Lipinski definition) is 4. The van der Waals surface area contributed by atoms with Gasteiger partial charge in [0.05, 0.1) is 0 Å². The Morgan fingerprint density at radius 2 is 1.36 bits per heavy atom. The van der Waals surface area contributed by atoms with Crippen molar-refractivity contribution in [3.8, 4) is 0 Å². The molecule has 0 bridgehead atoms. The maximum atomic E-state index is 6.08. The minimum Gasteiger partial charge on any atom is -0.483 e. The van der Waals surface area contributed by atoms with E-state index in [1.165, 1.54) is 0 Å². The highest BCUT2D eigenvalue weighted by atomic mass is 16.5. The first-order chi connectivity index (χ1) is 12.1. The zero-order valence-electron chi connectivity index (χ0n) is 14.4. The average molecular weight is 336 g/mol. The summed E-state index contributed by atoms with van der Waals surface area (Å²) in [4.78, 5) is 0. The number of allylic oxidation sites excluding steroid dienone is 2. The topological polar surface area (TPSA) is 70.5 Å². The van der Waals surface area contributed by atoms with Gasteiger partial charge in [0, 0.05) is 11.8 Å². The van der Waals surface area contributed by atoms with Gasteiger partial charge in [-0.2, -0.15) is 0 Å². The zero-order valence-corrected chi connectivity index (χ0v) is 14.4. The first-order valence-electron chi connectivity index (χ1n) is 8.02. The number of benzene rings is 2. The molecule has 4 N–H and O–H groups in total. The Morgan fingerprint density at radius 3 is 1.84 bits per heavy atom. The number of nitrogens with two attached hydrogens (primary N) is 2. The minimum atomic E-state index is 0.184. The molecule has 0 spiro atoms. The van der Waals surface area contributed by atoms with Gasteiger partial charge in [0.15, 0.2) is 5.76 Å². The standard InChI is InChI=1S/C21H24N2O2/c1-16(2)19(22)13-20(24-14-17-9-5-3-6-10-17)21(23)25-15-18-11-7-4-8-12-18/h3-13H,1,14-15,22-23H2,2H3/b19-13-,21-20-. The van der Waals surface area contributed by atoms with Gasteiger partial charge in [0.2, 0.25) is 5.88 Å². The quantitative estimate of drug-likeness (QED) is 0.565. The van der Waals surface area contributed by atoms with Crippen LogP contribution >= 0.6 is 0 Å². The lowest BCUT2D eigenvalue weighted by atomic mass is 10.2. The van der Waals surface area contributed by atoms with Gasteiger partial charge < -0.3 is 20.9 Å². The first kappa shape index (κ1) is 18.2. The van der Waals surface area contributed by atoms with E-state index in [4.69, 9.17) is 20.9 Å². The first-order valence-corrected chi connectivity index (χ1v) is 8.02. The average Bonchev–Trinajstić information content (AvgIpc) is 2.64. The Labute approximate surface area is 149 Å². The predicted molar refractivity (Wildman–Crippen MR) is 101 cm³/mol. The third kappa shape index (κ3) is 6.11. The van der Waals surface area contributed by atoms with Crippen molar-refractivity contribution in [2.45, 2.75) is 20.1 Å². The second-order valence-corrected chi connectivity index (χ2v) is 5.66. The summed E-state index contributed by atoms with van der Waals surface area (Å²) in [6.45, 7) is 6.37. The van der Waals surface area contributed by atoms with Crippen molar-refractivity contribution >= 4 is 0 Å². The maximum Gasteiger partial charge on any atom is 0.228 e. The van der Waals surface area contributed by atoms with Crippen LogP contribution in [0.2, 0.25) is 0 Å². The van der Waals surface area contributed by atoms with E-state index in [1.54, 1.807) is 6.08 Å². The van der Waals surface area contributed by atoms with Gasteiger partial charge in [-0.1, -0.05) is 67.2 Å². The molecule has 2 aromatic carbocycles. The third-order valence-electron chi connectivity index (χ3n) is 3.50. The fraction of sp³-hybridized carbons (Fsp3) is 0.143. The fourth-order valence-electron chi connectivity index (χ4n) is 1.99. The predicted octanol–water partition coefficient (Wildman–Crippen LogP) is 3.97. The van der Waals surface area contributed by atoms with Crippen LogP contribution in [0, 0.1) is 0 Å². The highest BCUT2D eigenvalue weighted by molar-refractivity contribution is 5.31. The monoisotopic (exact) mass is 336 g/mol. The molecule has 0 aromatic heterocycles. The molecule has 0 atom stereocenters. The van der Waals surface area contributed by atoms with E-state index in [2.05, 4.69) is 6.58 Å². The van der Waals surface area contributed by atoms with Crippen molar-refractivity contribution < 1.29 is 9.47 Å². The van der Waals surface area contributed by atoms with Gasteiger partial charge in [-0.25, -0.2) is 0 Å². The van der Waals surface area contributed by atoms with Crippen LogP contribution in [0.25, 0.3) is 0 Å². The molecule has 0 aliphatic carbocycles. The summed E-state index contributed by atoms with van der Waals surface area (Å²) in [5, 5.41) is 0. The van der Waals surface area contributed by atoms with Gasteiger partial charge in [-0.15, -0.1) is 0 Å². The Bertz CT molecular complexity index is 750. The normalized spacial score (nSPS) is 12.3. The van der Waals surface area contributed by atoms with Crippen LogP contribution in [-0.2, 0) is 22.7 Å². The molecule has 130 valence electrons. The van der Waals surface area contributed by atoms with Crippen molar-refractivity contribution in [2.75, 3.05) is 0 Å². The molecule has 0 amide bonds. The Balaban J connectivity index is 2.13. The molecule has 4 heteroatoms. The van der Waals surface area contributed by atoms with Crippen molar-refractivity contribution in [1.29, 1.82) is 0 Å². The molecular weight excluding hydrogens is 312 g/mol. The van der Waals surface area contributed by atoms with E-state index < -0.39 is 0 Å². The molecule has 0 aliphatic rings. The van der Waals surface area contributed by atoms with E-state index in [9.17, 15) is 0 Å². The summed E-state index contributed by atoms with van der Waals surface area (Å²) in [6, 6.07) is 19.6. The smallest absolute Gasteiger partial charge is 0.228 e. The lowest BCUT2D eigenvalue weighted by Gasteiger charge is -2.13. The van der Waals surface area contributed by atoms with Gasteiger partial charge in [0.1, 0.15) is 13.2 Å². The molecule has 2 rings (SSSR count). The fourth-order valence-corrected chi connectivity index (χ4v) is 1.99. The summed E-state index contributed by atoms with van der Waals surface area (Å²) in [5.41, 5.74) is 15.3. The van der Waals surface area contributed by atoms with Gasteiger partial charge in [-0.3, -0.25) is 0 Å². The molecule has 0 saturated carbocycles. The largest absolute Gasteiger partial charge is 0.483 e. The second-order valence-electron chi connectivity index (χ2n) is 5.66. The lowest BCUT2D eigenvalue weighted by molar-refractivity contribution is 0.144. The molecule has 0 aliphatic heterocycles. The highest BCUT2D eigenvalue weighted by Gasteiger charge is 2.07. The van der Waals surface area contributed by atoms with E-state index in [1.807, 2.05) is 67.6 Å². The van der Waals surface area contributed by atoms with Crippen LogP contribution in [0.5, 0.6) is 0 Å². The molecule has 0 fully saturated rings. The SMILES string of the molecule is C=C(C)/C(N)=C/C(OCc1ccccc1)=C(\N)OCc1ccccc1. The van der Waals surface area contributed by atoms with Crippen LogP contribution in [0.3, 0.4) is 0 Å². The summed E-state index contributed by atoms with van der Waals surface area (Å²) in [6.07, 6.45) is 1.64. The van der Waals surface area contributed by atoms with E-state index >= 15 is 0 Å². The third-order valence-corrected chi connectivity index (χ3v) is 3.50. The molecule has 0 saturated heterocycles. The van der Waals surface area contributed by atoms with Crippen molar-refractivity contribution in [3.63, 3.8) is 0 Å². The zero-order chi connectivity index (χ0) is 18.1. The van der Waals surface area contributed by atoms with Gasteiger partial charge in [-0.05, 0) is 23.6 Å².